The number of carbonyl (C=O) groups is 2. The number of nitrogens with one attached hydrogen (secondary N) is 2. The standard InChI is InChI=1S/C11H18N4O3/c1-2-15-8-9(7-13-15)14-11(18)12-6-4-3-5-10(16)17/h7-8H,2-6H2,1H3,(H,16,17)(H2,12,14,18). The Hall–Kier alpha value is -2.05. The first-order valence-electron chi connectivity index (χ1n) is 5.91. The molecule has 0 unspecified atom stereocenters. The van der Waals surface area contributed by atoms with Gasteiger partial charge in [0.15, 0.2) is 0 Å². The molecule has 0 spiro atoms. The minimum atomic E-state index is -0.813. The lowest BCUT2D eigenvalue weighted by Gasteiger charge is -2.04. The molecule has 1 heterocycles. The van der Waals surface area contributed by atoms with Crippen molar-refractivity contribution in [1.82, 2.24) is 15.1 Å². The number of urea groups is 1. The Balaban J connectivity index is 2.15. The number of rotatable bonds is 7. The summed E-state index contributed by atoms with van der Waals surface area (Å²) >= 11 is 0. The van der Waals surface area contributed by atoms with Gasteiger partial charge in [0.1, 0.15) is 0 Å². The van der Waals surface area contributed by atoms with E-state index < -0.39 is 5.97 Å². The van der Waals surface area contributed by atoms with Crippen molar-refractivity contribution >= 4 is 17.7 Å². The zero-order chi connectivity index (χ0) is 13.4. The summed E-state index contributed by atoms with van der Waals surface area (Å²) < 4.78 is 1.71. The molecular weight excluding hydrogens is 236 g/mol. The number of aromatic nitrogens is 2. The summed E-state index contributed by atoms with van der Waals surface area (Å²) in [6.45, 7) is 3.17. The molecule has 18 heavy (non-hydrogen) atoms. The van der Waals surface area contributed by atoms with E-state index in [0.29, 0.717) is 25.1 Å². The highest BCUT2D eigenvalue weighted by molar-refractivity contribution is 5.88. The number of hydrogen-bond donors (Lipinski definition) is 3. The molecule has 0 fully saturated rings. The molecule has 0 saturated carbocycles. The largest absolute Gasteiger partial charge is 0.481 e. The number of carboxylic acids is 1. The van der Waals surface area contributed by atoms with Crippen LogP contribution >= 0.6 is 0 Å². The third-order valence-electron chi connectivity index (χ3n) is 2.32. The van der Waals surface area contributed by atoms with Crippen LogP contribution in [0.2, 0.25) is 0 Å². The van der Waals surface area contributed by atoms with Crippen molar-refractivity contribution in [3.05, 3.63) is 12.4 Å². The summed E-state index contributed by atoms with van der Waals surface area (Å²) in [6.07, 6.45) is 4.65. The van der Waals surface area contributed by atoms with Crippen LogP contribution in [0.1, 0.15) is 26.2 Å². The number of hydrogen-bond acceptors (Lipinski definition) is 3. The molecule has 0 aromatic carbocycles. The van der Waals surface area contributed by atoms with E-state index in [4.69, 9.17) is 5.11 Å². The molecule has 0 saturated heterocycles. The van der Waals surface area contributed by atoms with Crippen LogP contribution in [0.3, 0.4) is 0 Å². The Morgan fingerprint density at radius 2 is 2.22 bits per heavy atom. The summed E-state index contributed by atoms with van der Waals surface area (Å²) in [4.78, 5) is 21.7. The van der Waals surface area contributed by atoms with Crippen LogP contribution in [-0.4, -0.2) is 33.4 Å². The molecule has 0 bridgehead atoms. The molecule has 1 rings (SSSR count). The van der Waals surface area contributed by atoms with E-state index in [1.807, 2.05) is 6.92 Å². The summed E-state index contributed by atoms with van der Waals surface area (Å²) in [5.41, 5.74) is 0.639. The average Bonchev–Trinajstić information content (AvgIpc) is 2.76. The smallest absolute Gasteiger partial charge is 0.319 e. The van der Waals surface area contributed by atoms with Gasteiger partial charge in [-0.05, 0) is 19.8 Å². The summed E-state index contributed by atoms with van der Waals surface area (Å²) in [7, 11) is 0. The van der Waals surface area contributed by atoms with Crippen molar-refractivity contribution in [2.75, 3.05) is 11.9 Å². The maximum atomic E-state index is 11.4. The highest BCUT2D eigenvalue weighted by atomic mass is 16.4. The van der Waals surface area contributed by atoms with Gasteiger partial charge in [0, 0.05) is 25.7 Å². The van der Waals surface area contributed by atoms with Crippen LogP contribution in [0.15, 0.2) is 12.4 Å². The first-order valence-corrected chi connectivity index (χ1v) is 5.91. The normalized spacial score (nSPS) is 10.1. The molecule has 7 heteroatoms. The Morgan fingerprint density at radius 1 is 1.44 bits per heavy atom. The first-order chi connectivity index (χ1) is 8.61. The summed E-state index contributed by atoms with van der Waals surface area (Å²) in [6, 6.07) is -0.305. The number of nitrogens with zero attached hydrogens (tertiary/aromatic N) is 2. The van der Waals surface area contributed by atoms with Gasteiger partial charge in [-0.3, -0.25) is 9.48 Å². The van der Waals surface area contributed by atoms with Crippen LogP contribution in [0.25, 0.3) is 0 Å². The second-order valence-electron chi connectivity index (χ2n) is 3.82. The molecule has 7 nitrogen and oxygen atoms in total. The van der Waals surface area contributed by atoms with Crippen LogP contribution in [-0.2, 0) is 11.3 Å². The molecule has 0 atom stereocenters. The zero-order valence-corrected chi connectivity index (χ0v) is 10.3. The molecule has 1 aromatic heterocycles. The van der Waals surface area contributed by atoms with Crippen molar-refractivity contribution < 1.29 is 14.7 Å². The fourth-order valence-corrected chi connectivity index (χ4v) is 1.38. The topological polar surface area (TPSA) is 96.2 Å². The Morgan fingerprint density at radius 3 is 2.83 bits per heavy atom. The summed E-state index contributed by atoms with van der Waals surface area (Å²) in [5, 5.41) is 17.8. The van der Waals surface area contributed by atoms with Gasteiger partial charge < -0.3 is 15.7 Å². The van der Waals surface area contributed by atoms with Gasteiger partial charge in [0.2, 0.25) is 0 Å². The molecule has 1 aromatic rings. The predicted molar refractivity (Wildman–Crippen MR) is 66.4 cm³/mol. The van der Waals surface area contributed by atoms with Gasteiger partial charge in [0.05, 0.1) is 11.9 Å². The average molecular weight is 254 g/mol. The van der Waals surface area contributed by atoms with E-state index >= 15 is 0 Å². The van der Waals surface area contributed by atoms with Crippen LogP contribution in [0.5, 0.6) is 0 Å². The van der Waals surface area contributed by atoms with Crippen molar-refractivity contribution in [2.24, 2.45) is 0 Å². The molecule has 0 aliphatic carbocycles. The molecule has 2 amide bonds. The van der Waals surface area contributed by atoms with E-state index in [2.05, 4.69) is 15.7 Å². The van der Waals surface area contributed by atoms with E-state index in [9.17, 15) is 9.59 Å². The number of carboxylic acid groups (broad SMARTS) is 1. The van der Waals surface area contributed by atoms with Crippen molar-refractivity contribution in [2.45, 2.75) is 32.7 Å². The quantitative estimate of drug-likeness (QED) is 0.638. The molecule has 0 aliphatic rings. The lowest BCUT2D eigenvalue weighted by Crippen LogP contribution is -2.29. The van der Waals surface area contributed by atoms with Crippen molar-refractivity contribution in [3.8, 4) is 0 Å². The number of anilines is 1. The predicted octanol–water partition coefficient (Wildman–Crippen LogP) is 1.28. The van der Waals surface area contributed by atoms with E-state index in [1.54, 1.807) is 17.1 Å². The molecule has 3 N–H and O–H groups in total. The van der Waals surface area contributed by atoms with Gasteiger partial charge >= 0.3 is 12.0 Å². The fraction of sp³-hybridized carbons (Fsp3) is 0.545. The maximum Gasteiger partial charge on any atom is 0.319 e. The third-order valence-corrected chi connectivity index (χ3v) is 2.32. The minimum Gasteiger partial charge on any atom is -0.481 e. The summed E-state index contributed by atoms with van der Waals surface area (Å²) in [5.74, 6) is -0.813. The number of amides is 2. The molecule has 100 valence electrons. The monoisotopic (exact) mass is 254 g/mol. The van der Waals surface area contributed by atoms with Gasteiger partial charge in [0.25, 0.3) is 0 Å². The van der Waals surface area contributed by atoms with Gasteiger partial charge in [-0.15, -0.1) is 0 Å². The maximum absolute atomic E-state index is 11.4. The molecular formula is C11H18N4O3. The Bertz CT molecular complexity index is 403. The van der Waals surface area contributed by atoms with E-state index in [0.717, 1.165) is 6.54 Å². The van der Waals surface area contributed by atoms with Crippen molar-refractivity contribution in [1.29, 1.82) is 0 Å². The van der Waals surface area contributed by atoms with E-state index in [1.165, 1.54) is 0 Å². The van der Waals surface area contributed by atoms with Gasteiger partial charge in [-0.2, -0.15) is 5.10 Å². The van der Waals surface area contributed by atoms with E-state index in [-0.39, 0.29) is 12.5 Å². The van der Waals surface area contributed by atoms with Crippen LogP contribution in [0, 0.1) is 0 Å². The van der Waals surface area contributed by atoms with Crippen molar-refractivity contribution in [3.63, 3.8) is 0 Å². The van der Waals surface area contributed by atoms with Crippen LogP contribution in [0.4, 0.5) is 10.5 Å². The highest BCUT2D eigenvalue weighted by Gasteiger charge is 2.03. The lowest BCUT2D eigenvalue weighted by atomic mass is 10.2. The molecule has 0 aliphatic heterocycles. The Kier molecular flexibility index (Phi) is 5.69. The number of unbranched alkanes of at least 4 members (excludes halogenated alkanes) is 1. The molecule has 0 radical (unpaired) electrons. The number of aliphatic carboxylic acids is 1. The number of aryl methyl sites for hydroxylation is 1. The zero-order valence-electron chi connectivity index (χ0n) is 10.3. The number of carbonyl (C=O) groups excluding carboxylic acids is 1. The fourth-order valence-electron chi connectivity index (χ4n) is 1.38. The lowest BCUT2D eigenvalue weighted by molar-refractivity contribution is -0.137. The second kappa shape index (κ2) is 7.31. The highest BCUT2D eigenvalue weighted by Crippen LogP contribution is 2.03. The van der Waals surface area contributed by atoms with Gasteiger partial charge in [-0.25, -0.2) is 4.79 Å². The Labute approximate surface area is 105 Å². The van der Waals surface area contributed by atoms with Gasteiger partial charge in [-0.1, -0.05) is 0 Å². The van der Waals surface area contributed by atoms with Crippen LogP contribution < -0.4 is 10.6 Å². The SMILES string of the molecule is CCn1cc(NC(=O)NCCCCC(=O)O)cn1. The third kappa shape index (κ3) is 5.33. The first kappa shape index (κ1) is 14.0. The second-order valence-corrected chi connectivity index (χ2v) is 3.82. The minimum absolute atomic E-state index is 0.132.